The third kappa shape index (κ3) is 5.91. The second-order valence-corrected chi connectivity index (χ2v) is 5.30. The van der Waals surface area contributed by atoms with E-state index in [1.54, 1.807) is 0 Å². The average molecular weight is 410 g/mol. The molecule has 0 aromatic heterocycles. The molecule has 0 radical (unpaired) electrons. The number of hydroxylamine groups is 2. The van der Waals surface area contributed by atoms with Crippen molar-refractivity contribution in [3.05, 3.63) is 39.9 Å². The molecule has 0 aliphatic heterocycles. The Bertz CT molecular complexity index is 481. The molecule has 9 heteroatoms. The molecule has 1 atom stereocenters. The number of hydrogen-bond acceptors (Lipinski definition) is 7. The van der Waals surface area contributed by atoms with Gasteiger partial charge in [0.2, 0.25) is 0 Å². The highest BCUT2D eigenvalue weighted by Crippen LogP contribution is 2.26. The number of nitro benzene ring substituents is 1. The van der Waals surface area contributed by atoms with E-state index in [4.69, 9.17) is 9.84 Å². The van der Waals surface area contributed by atoms with E-state index in [1.165, 1.54) is 24.3 Å². The highest BCUT2D eigenvalue weighted by Gasteiger charge is 2.19. The van der Waals surface area contributed by atoms with E-state index in [2.05, 4.69) is 0 Å². The predicted molar refractivity (Wildman–Crippen MR) is 81.3 cm³/mol. The molecule has 0 saturated heterocycles. The standard InChI is InChI=1S/C12H15IN2O6/c13-11(9-1-3-10(4-2-9)15(19)20)12(17)21-8-6-14(18)5-7-16/h1-4,11,16,18H,5-8H2. The molecule has 2 N–H and O–H groups in total. The Kier molecular flexibility index (Phi) is 7.50. The highest BCUT2D eigenvalue weighted by atomic mass is 127. The summed E-state index contributed by atoms with van der Waals surface area (Å²) in [6, 6.07) is 5.65. The summed E-state index contributed by atoms with van der Waals surface area (Å²) in [5, 5.41) is 29.2. The monoisotopic (exact) mass is 410 g/mol. The number of carbonyl (C=O) groups is 1. The topological polar surface area (TPSA) is 113 Å². The van der Waals surface area contributed by atoms with Crippen molar-refractivity contribution in [2.24, 2.45) is 0 Å². The first-order valence-electron chi connectivity index (χ1n) is 6.05. The van der Waals surface area contributed by atoms with Crippen LogP contribution in [-0.4, -0.2) is 52.6 Å². The first kappa shape index (κ1) is 17.8. The maximum atomic E-state index is 11.8. The Labute approximate surface area is 134 Å². The molecular formula is C12H15IN2O6. The molecule has 0 aliphatic rings. The van der Waals surface area contributed by atoms with Crippen LogP contribution in [0, 0.1) is 10.1 Å². The molecule has 0 saturated carbocycles. The molecule has 0 fully saturated rings. The van der Waals surface area contributed by atoms with Crippen molar-refractivity contribution in [3.63, 3.8) is 0 Å². The minimum Gasteiger partial charge on any atom is -0.463 e. The van der Waals surface area contributed by atoms with Gasteiger partial charge in [0.1, 0.15) is 10.5 Å². The molecule has 8 nitrogen and oxygen atoms in total. The summed E-state index contributed by atoms with van der Waals surface area (Å²) in [4.78, 5) is 21.8. The molecule has 21 heavy (non-hydrogen) atoms. The van der Waals surface area contributed by atoms with Crippen molar-refractivity contribution in [3.8, 4) is 0 Å². The minimum absolute atomic E-state index is 0.0121. The summed E-state index contributed by atoms with van der Waals surface area (Å²) < 4.78 is 4.40. The molecule has 0 amide bonds. The molecule has 116 valence electrons. The highest BCUT2D eigenvalue weighted by molar-refractivity contribution is 14.1. The number of rotatable bonds is 8. The number of aliphatic hydroxyl groups excluding tert-OH is 1. The smallest absolute Gasteiger partial charge is 0.323 e. The second kappa shape index (κ2) is 8.87. The summed E-state index contributed by atoms with van der Waals surface area (Å²) in [5.41, 5.74) is 0.554. The van der Waals surface area contributed by atoms with Crippen molar-refractivity contribution in [2.45, 2.75) is 3.92 Å². The quantitative estimate of drug-likeness (QED) is 0.218. The largest absolute Gasteiger partial charge is 0.463 e. The average Bonchev–Trinajstić information content (AvgIpc) is 2.46. The van der Waals surface area contributed by atoms with Gasteiger partial charge in [-0.2, -0.15) is 5.06 Å². The van der Waals surface area contributed by atoms with Gasteiger partial charge in [-0.15, -0.1) is 0 Å². The fourth-order valence-corrected chi connectivity index (χ4v) is 2.05. The lowest BCUT2D eigenvalue weighted by Gasteiger charge is -2.14. The van der Waals surface area contributed by atoms with E-state index < -0.39 is 14.8 Å². The van der Waals surface area contributed by atoms with E-state index in [9.17, 15) is 20.1 Å². The van der Waals surface area contributed by atoms with Gasteiger partial charge < -0.3 is 15.1 Å². The lowest BCUT2D eigenvalue weighted by atomic mass is 10.1. The van der Waals surface area contributed by atoms with Crippen LogP contribution in [0.15, 0.2) is 24.3 Å². The van der Waals surface area contributed by atoms with Gasteiger partial charge in [0.05, 0.1) is 18.1 Å². The molecule has 0 spiro atoms. The first-order valence-corrected chi connectivity index (χ1v) is 7.30. The molecular weight excluding hydrogens is 395 g/mol. The fourth-order valence-electron chi connectivity index (χ4n) is 1.45. The van der Waals surface area contributed by atoms with E-state index in [1.807, 2.05) is 22.6 Å². The number of non-ortho nitro benzene ring substituents is 1. The van der Waals surface area contributed by atoms with Gasteiger partial charge in [0.25, 0.3) is 5.69 Å². The van der Waals surface area contributed by atoms with Crippen molar-refractivity contribution in [1.29, 1.82) is 0 Å². The van der Waals surface area contributed by atoms with Crippen LogP contribution in [0.4, 0.5) is 5.69 Å². The molecule has 0 bridgehead atoms. The van der Waals surface area contributed by atoms with Gasteiger partial charge in [-0.25, -0.2) is 0 Å². The van der Waals surface area contributed by atoms with Crippen molar-refractivity contribution >= 4 is 34.2 Å². The van der Waals surface area contributed by atoms with Crippen molar-refractivity contribution in [2.75, 3.05) is 26.3 Å². The molecule has 0 heterocycles. The number of nitrogens with zero attached hydrogens (tertiary/aromatic N) is 2. The fraction of sp³-hybridized carbons (Fsp3) is 0.417. The van der Waals surface area contributed by atoms with Crippen LogP contribution in [0.1, 0.15) is 9.49 Å². The van der Waals surface area contributed by atoms with Crippen LogP contribution in [0.25, 0.3) is 0 Å². The molecule has 1 rings (SSSR count). The Morgan fingerprint density at radius 1 is 1.38 bits per heavy atom. The number of halogens is 1. The minimum atomic E-state index is -0.589. The van der Waals surface area contributed by atoms with Gasteiger partial charge >= 0.3 is 5.97 Å². The third-order valence-electron chi connectivity index (χ3n) is 2.56. The van der Waals surface area contributed by atoms with E-state index >= 15 is 0 Å². The SMILES string of the molecule is O=C(OCCN(O)CCO)C(I)c1ccc([N+](=O)[O-])cc1. The predicted octanol–water partition coefficient (Wildman–Crippen LogP) is 1.30. The van der Waals surface area contributed by atoms with Gasteiger partial charge in [-0.3, -0.25) is 14.9 Å². The lowest BCUT2D eigenvalue weighted by Crippen LogP contribution is -2.28. The second-order valence-electron chi connectivity index (χ2n) is 4.06. The number of hydrogen-bond donors (Lipinski definition) is 2. The summed E-state index contributed by atoms with van der Waals surface area (Å²) in [6.07, 6.45) is 0. The number of carbonyl (C=O) groups excluding carboxylic acids is 1. The summed E-state index contributed by atoms with van der Waals surface area (Å²) in [7, 11) is 0. The van der Waals surface area contributed by atoms with Gasteiger partial charge in [-0.1, -0.05) is 34.7 Å². The number of alkyl halides is 1. The zero-order chi connectivity index (χ0) is 15.8. The summed E-state index contributed by atoms with van der Waals surface area (Å²) in [5.74, 6) is -0.498. The number of nitro groups is 1. The van der Waals surface area contributed by atoms with Crippen LogP contribution in [-0.2, 0) is 9.53 Å². The maximum Gasteiger partial charge on any atom is 0.323 e. The number of aliphatic hydroxyl groups is 1. The van der Waals surface area contributed by atoms with Crippen LogP contribution in [0.3, 0.4) is 0 Å². The van der Waals surface area contributed by atoms with Crippen LogP contribution in [0.2, 0.25) is 0 Å². The van der Waals surface area contributed by atoms with E-state index in [0.29, 0.717) is 5.56 Å². The summed E-state index contributed by atoms with van der Waals surface area (Å²) >= 11 is 1.88. The van der Waals surface area contributed by atoms with Crippen molar-refractivity contribution < 1.29 is 24.8 Å². The number of benzene rings is 1. The van der Waals surface area contributed by atoms with Gasteiger partial charge in [-0.05, 0) is 5.56 Å². The zero-order valence-corrected chi connectivity index (χ0v) is 13.2. The summed E-state index contributed by atoms with van der Waals surface area (Å²) in [6.45, 7) is -0.0343. The van der Waals surface area contributed by atoms with Crippen LogP contribution < -0.4 is 0 Å². The first-order chi connectivity index (χ1) is 9.95. The molecule has 0 aliphatic carbocycles. The molecule has 1 unspecified atom stereocenters. The number of ether oxygens (including phenoxy) is 1. The Hall–Kier alpha value is -1.30. The number of esters is 1. The van der Waals surface area contributed by atoms with Gasteiger partial charge in [0, 0.05) is 18.7 Å². The Morgan fingerprint density at radius 2 is 2.00 bits per heavy atom. The maximum absolute atomic E-state index is 11.8. The van der Waals surface area contributed by atoms with E-state index in [0.717, 1.165) is 5.06 Å². The van der Waals surface area contributed by atoms with Crippen LogP contribution in [0.5, 0.6) is 0 Å². The lowest BCUT2D eigenvalue weighted by molar-refractivity contribution is -0.384. The molecule has 1 aromatic carbocycles. The van der Waals surface area contributed by atoms with Gasteiger partial charge in [0.15, 0.2) is 0 Å². The Morgan fingerprint density at radius 3 is 2.52 bits per heavy atom. The Balaban J connectivity index is 2.48. The molecule has 1 aromatic rings. The normalized spacial score (nSPS) is 12.2. The van der Waals surface area contributed by atoms with E-state index in [-0.39, 0.29) is 32.0 Å². The van der Waals surface area contributed by atoms with Crippen LogP contribution >= 0.6 is 22.6 Å². The van der Waals surface area contributed by atoms with Crippen molar-refractivity contribution in [1.82, 2.24) is 5.06 Å². The zero-order valence-electron chi connectivity index (χ0n) is 11.0. The third-order valence-corrected chi connectivity index (χ3v) is 3.78.